The maximum absolute atomic E-state index is 12.2. The maximum Gasteiger partial charge on any atom is 0.390 e. The third-order valence-corrected chi connectivity index (χ3v) is 2.95. The highest BCUT2D eigenvalue weighted by molar-refractivity contribution is 5.87. The van der Waals surface area contributed by atoms with Gasteiger partial charge in [-0.1, -0.05) is 35.5 Å². The summed E-state index contributed by atoms with van der Waals surface area (Å²) in [7, 11) is 1.58. The van der Waals surface area contributed by atoms with Crippen LogP contribution < -0.4 is 5.73 Å². The molecule has 0 fully saturated rings. The number of rotatable bonds is 6. The summed E-state index contributed by atoms with van der Waals surface area (Å²) in [6, 6.07) is 8.99. The lowest BCUT2D eigenvalue weighted by atomic mass is 9.97. The molecule has 3 N–H and O–H groups in total. The molecule has 0 saturated carbocycles. The van der Waals surface area contributed by atoms with Gasteiger partial charge in [-0.15, -0.1) is 0 Å². The van der Waals surface area contributed by atoms with Crippen LogP contribution in [-0.4, -0.2) is 42.3 Å². The number of nitrogens with two attached hydrogens (primary N) is 1. The van der Waals surface area contributed by atoms with Gasteiger partial charge in [-0.3, -0.25) is 0 Å². The average molecular weight is 289 g/mol. The SMILES string of the molecule is CN(CCC(F)(F)F)CC(C(N)=NO)c1ccccc1. The van der Waals surface area contributed by atoms with E-state index in [1.807, 2.05) is 6.07 Å². The van der Waals surface area contributed by atoms with Gasteiger partial charge in [0.15, 0.2) is 0 Å². The number of likely N-dealkylation sites (N-methyl/N-ethyl adjacent to an activating group) is 1. The van der Waals surface area contributed by atoms with Crippen molar-refractivity contribution >= 4 is 5.84 Å². The van der Waals surface area contributed by atoms with E-state index in [2.05, 4.69) is 5.16 Å². The Hall–Kier alpha value is -1.76. The van der Waals surface area contributed by atoms with Gasteiger partial charge in [0.1, 0.15) is 5.84 Å². The molecule has 1 atom stereocenters. The number of benzene rings is 1. The molecule has 0 spiro atoms. The minimum absolute atomic E-state index is 0.0185. The van der Waals surface area contributed by atoms with E-state index in [1.54, 1.807) is 31.3 Å². The highest BCUT2D eigenvalue weighted by atomic mass is 19.4. The van der Waals surface area contributed by atoms with Crippen LogP contribution in [0.15, 0.2) is 35.5 Å². The molecule has 1 aromatic carbocycles. The number of hydrogen-bond donors (Lipinski definition) is 2. The average Bonchev–Trinajstić information content (AvgIpc) is 2.42. The van der Waals surface area contributed by atoms with Crippen LogP contribution in [0.4, 0.5) is 13.2 Å². The first-order chi connectivity index (χ1) is 9.33. The molecule has 0 heterocycles. The second kappa shape index (κ2) is 7.14. The molecule has 1 rings (SSSR count). The highest BCUT2D eigenvalue weighted by Gasteiger charge is 2.28. The van der Waals surface area contributed by atoms with Crippen molar-refractivity contribution in [3.63, 3.8) is 0 Å². The molecule has 20 heavy (non-hydrogen) atoms. The van der Waals surface area contributed by atoms with E-state index in [0.717, 1.165) is 5.56 Å². The van der Waals surface area contributed by atoms with Crippen LogP contribution in [0.2, 0.25) is 0 Å². The van der Waals surface area contributed by atoms with Crippen LogP contribution >= 0.6 is 0 Å². The number of hydrogen-bond acceptors (Lipinski definition) is 3. The summed E-state index contributed by atoms with van der Waals surface area (Å²) in [5.41, 5.74) is 6.42. The van der Waals surface area contributed by atoms with Gasteiger partial charge < -0.3 is 15.8 Å². The van der Waals surface area contributed by atoms with Crippen LogP contribution in [0.1, 0.15) is 17.9 Å². The van der Waals surface area contributed by atoms with Gasteiger partial charge in [0.2, 0.25) is 0 Å². The number of alkyl halides is 3. The first-order valence-corrected chi connectivity index (χ1v) is 6.11. The van der Waals surface area contributed by atoms with Crippen molar-refractivity contribution in [2.45, 2.75) is 18.5 Å². The van der Waals surface area contributed by atoms with Gasteiger partial charge in [0.05, 0.1) is 12.3 Å². The lowest BCUT2D eigenvalue weighted by Gasteiger charge is -2.24. The molecule has 112 valence electrons. The predicted octanol–water partition coefficient (Wildman–Crippen LogP) is 2.40. The summed E-state index contributed by atoms with van der Waals surface area (Å²) in [5.74, 6) is -0.463. The number of oxime groups is 1. The molecular weight excluding hydrogens is 271 g/mol. The minimum atomic E-state index is -4.19. The van der Waals surface area contributed by atoms with E-state index in [-0.39, 0.29) is 18.9 Å². The van der Waals surface area contributed by atoms with Crippen molar-refractivity contribution < 1.29 is 18.4 Å². The Balaban J connectivity index is 2.72. The summed E-state index contributed by atoms with van der Waals surface area (Å²) >= 11 is 0. The summed E-state index contributed by atoms with van der Waals surface area (Å²) in [4.78, 5) is 1.52. The van der Waals surface area contributed by atoms with Gasteiger partial charge in [-0.05, 0) is 12.6 Å². The van der Waals surface area contributed by atoms with E-state index in [0.29, 0.717) is 0 Å². The summed E-state index contributed by atoms with van der Waals surface area (Å²) in [6.07, 6.45) is -5.08. The predicted molar refractivity (Wildman–Crippen MR) is 70.8 cm³/mol. The lowest BCUT2D eigenvalue weighted by molar-refractivity contribution is -0.137. The molecule has 0 bridgehead atoms. The fourth-order valence-electron chi connectivity index (χ4n) is 1.85. The third kappa shape index (κ3) is 5.48. The van der Waals surface area contributed by atoms with E-state index >= 15 is 0 Å². The monoisotopic (exact) mass is 289 g/mol. The second-order valence-corrected chi connectivity index (χ2v) is 4.62. The van der Waals surface area contributed by atoms with E-state index in [9.17, 15) is 13.2 Å². The van der Waals surface area contributed by atoms with E-state index in [1.165, 1.54) is 4.90 Å². The molecule has 0 saturated heterocycles. The number of halogens is 3. The zero-order valence-corrected chi connectivity index (χ0v) is 11.1. The maximum atomic E-state index is 12.2. The standard InChI is InChI=1S/C13H18F3N3O/c1-19(8-7-13(14,15)16)9-11(12(17)18-20)10-5-3-2-4-6-10/h2-6,11,20H,7-9H2,1H3,(H2,17,18). The summed E-state index contributed by atoms with van der Waals surface area (Å²) in [6.45, 7) is 0.113. The van der Waals surface area contributed by atoms with Crippen LogP contribution in [0.25, 0.3) is 0 Å². The Morgan fingerprint density at radius 1 is 1.35 bits per heavy atom. The molecule has 1 aromatic rings. The number of amidine groups is 1. The smallest absolute Gasteiger partial charge is 0.390 e. The van der Waals surface area contributed by atoms with Gasteiger partial charge >= 0.3 is 6.18 Å². The van der Waals surface area contributed by atoms with Crippen molar-refractivity contribution in [3.05, 3.63) is 35.9 Å². The zero-order chi connectivity index (χ0) is 15.2. The van der Waals surface area contributed by atoms with Crippen molar-refractivity contribution in [3.8, 4) is 0 Å². The molecule has 4 nitrogen and oxygen atoms in total. The van der Waals surface area contributed by atoms with Gasteiger partial charge in [0, 0.05) is 13.1 Å². The van der Waals surface area contributed by atoms with E-state index in [4.69, 9.17) is 10.9 Å². The van der Waals surface area contributed by atoms with Crippen molar-refractivity contribution in [1.29, 1.82) is 0 Å². The second-order valence-electron chi connectivity index (χ2n) is 4.62. The highest BCUT2D eigenvalue weighted by Crippen LogP contribution is 2.21. The topological polar surface area (TPSA) is 61.8 Å². The minimum Gasteiger partial charge on any atom is -0.409 e. The van der Waals surface area contributed by atoms with Crippen molar-refractivity contribution in [2.24, 2.45) is 10.9 Å². The van der Waals surface area contributed by atoms with Crippen LogP contribution in [0.3, 0.4) is 0 Å². The Labute approximate surface area is 115 Å². The summed E-state index contributed by atoms with van der Waals surface area (Å²) in [5, 5.41) is 11.8. The fourth-order valence-corrected chi connectivity index (χ4v) is 1.85. The van der Waals surface area contributed by atoms with Gasteiger partial charge in [0.25, 0.3) is 0 Å². The van der Waals surface area contributed by atoms with Gasteiger partial charge in [-0.25, -0.2) is 0 Å². The lowest BCUT2D eigenvalue weighted by Crippen LogP contribution is -2.34. The number of nitrogens with zero attached hydrogens (tertiary/aromatic N) is 2. The van der Waals surface area contributed by atoms with Gasteiger partial charge in [-0.2, -0.15) is 13.2 Å². The largest absolute Gasteiger partial charge is 0.409 e. The zero-order valence-electron chi connectivity index (χ0n) is 11.1. The van der Waals surface area contributed by atoms with Crippen molar-refractivity contribution in [1.82, 2.24) is 4.90 Å². The van der Waals surface area contributed by atoms with Crippen LogP contribution in [0.5, 0.6) is 0 Å². The molecule has 7 heteroatoms. The molecule has 0 aliphatic heterocycles. The molecule has 0 aromatic heterocycles. The first-order valence-electron chi connectivity index (χ1n) is 6.11. The molecule has 0 amide bonds. The molecule has 0 aliphatic rings. The van der Waals surface area contributed by atoms with E-state index < -0.39 is 18.5 Å². The quantitative estimate of drug-likeness (QED) is 0.366. The Kier molecular flexibility index (Phi) is 5.82. The fraction of sp³-hybridized carbons (Fsp3) is 0.462. The summed E-state index contributed by atoms with van der Waals surface area (Å²) < 4.78 is 36.6. The molecule has 0 radical (unpaired) electrons. The molecule has 1 unspecified atom stereocenters. The first kappa shape index (κ1) is 16.3. The molecular formula is C13H18F3N3O. The Bertz CT molecular complexity index is 434. The molecule has 0 aliphatic carbocycles. The normalized spacial score (nSPS) is 14.6. The Morgan fingerprint density at radius 3 is 2.45 bits per heavy atom. The third-order valence-electron chi connectivity index (χ3n) is 2.95. The Morgan fingerprint density at radius 2 is 1.95 bits per heavy atom. The van der Waals surface area contributed by atoms with Crippen molar-refractivity contribution in [2.75, 3.05) is 20.1 Å². The van der Waals surface area contributed by atoms with Crippen LogP contribution in [0, 0.1) is 0 Å². The van der Waals surface area contributed by atoms with Crippen LogP contribution in [-0.2, 0) is 0 Å².